The van der Waals surface area contributed by atoms with Gasteiger partial charge in [-0.05, 0) is 6.92 Å². The first kappa shape index (κ1) is 8.21. The summed E-state index contributed by atoms with van der Waals surface area (Å²) in [7, 11) is 0. The van der Waals surface area contributed by atoms with Gasteiger partial charge in [-0.1, -0.05) is 5.92 Å². The van der Waals surface area contributed by atoms with E-state index in [4.69, 9.17) is 12.3 Å². The molecule has 0 fully saturated rings. The van der Waals surface area contributed by atoms with Crippen LogP contribution in [-0.4, -0.2) is 4.98 Å². The van der Waals surface area contributed by atoms with Gasteiger partial charge in [0.25, 0.3) is 0 Å². The highest BCUT2D eigenvalue weighted by Gasteiger charge is 2.07. The zero-order chi connectivity index (χ0) is 8.27. The molecule has 0 amide bonds. The van der Waals surface area contributed by atoms with Crippen LogP contribution < -0.4 is 11.3 Å². The van der Waals surface area contributed by atoms with E-state index in [0.29, 0.717) is 0 Å². The third kappa shape index (κ3) is 1.77. The molecule has 0 bridgehead atoms. The molecule has 0 aromatic carbocycles. The summed E-state index contributed by atoms with van der Waals surface area (Å²) in [6, 6.07) is -0.264. The third-order valence-corrected chi connectivity index (χ3v) is 2.06. The van der Waals surface area contributed by atoms with Crippen molar-refractivity contribution in [2.24, 2.45) is 5.84 Å². The Hall–Kier alpha value is -0.890. The highest BCUT2D eigenvalue weighted by atomic mass is 32.1. The van der Waals surface area contributed by atoms with Crippen molar-refractivity contribution in [1.29, 1.82) is 0 Å². The molecule has 0 saturated heterocycles. The van der Waals surface area contributed by atoms with Crippen LogP contribution in [0.1, 0.15) is 16.7 Å². The van der Waals surface area contributed by atoms with Gasteiger partial charge < -0.3 is 0 Å². The van der Waals surface area contributed by atoms with Crippen LogP contribution in [0.3, 0.4) is 0 Å². The van der Waals surface area contributed by atoms with Gasteiger partial charge in [0.05, 0.1) is 10.7 Å². The molecule has 1 heterocycles. The van der Waals surface area contributed by atoms with E-state index in [2.05, 4.69) is 16.3 Å². The first-order valence-corrected chi connectivity index (χ1v) is 4.00. The number of thiazole rings is 1. The molecule has 1 aromatic heterocycles. The maximum atomic E-state index is 5.20. The SMILES string of the molecule is C#CC(NN)c1csc(C)n1. The van der Waals surface area contributed by atoms with E-state index in [1.54, 1.807) is 11.3 Å². The fourth-order valence-electron chi connectivity index (χ4n) is 0.732. The summed E-state index contributed by atoms with van der Waals surface area (Å²) in [5.41, 5.74) is 3.31. The maximum Gasteiger partial charge on any atom is 0.124 e. The minimum absolute atomic E-state index is 0.264. The molecule has 0 saturated carbocycles. The monoisotopic (exact) mass is 167 g/mol. The van der Waals surface area contributed by atoms with Gasteiger partial charge in [-0.2, -0.15) is 0 Å². The average Bonchev–Trinajstić information content (AvgIpc) is 2.39. The molecule has 0 aliphatic rings. The Labute approximate surface area is 69.6 Å². The highest BCUT2D eigenvalue weighted by Crippen LogP contribution is 2.14. The van der Waals surface area contributed by atoms with Gasteiger partial charge in [0.2, 0.25) is 0 Å². The minimum Gasteiger partial charge on any atom is -0.270 e. The van der Waals surface area contributed by atoms with Crippen LogP contribution >= 0.6 is 11.3 Å². The van der Waals surface area contributed by atoms with Gasteiger partial charge in [0.1, 0.15) is 6.04 Å². The standard InChI is InChI=1S/C7H9N3S/c1-3-6(10-8)7-4-11-5(2)9-7/h1,4,6,10H,8H2,2H3. The van der Waals surface area contributed by atoms with Crippen molar-refractivity contribution in [3.05, 3.63) is 16.1 Å². The van der Waals surface area contributed by atoms with E-state index in [1.807, 2.05) is 12.3 Å². The molecule has 0 radical (unpaired) electrons. The Kier molecular flexibility index (Phi) is 2.60. The number of nitrogens with one attached hydrogen (secondary N) is 1. The van der Waals surface area contributed by atoms with Gasteiger partial charge in [0.15, 0.2) is 0 Å². The molecule has 0 aliphatic carbocycles. The Balaban J connectivity index is 2.84. The molecular formula is C7H9N3S. The van der Waals surface area contributed by atoms with Crippen LogP contribution in [0.5, 0.6) is 0 Å². The maximum absolute atomic E-state index is 5.20. The largest absolute Gasteiger partial charge is 0.270 e. The van der Waals surface area contributed by atoms with E-state index in [0.717, 1.165) is 10.7 Å². The molecule has 1 rings (SSSR count). The molecule has 3 nitrogen and oxygen atoms in total. The molecule has 3 N–H and O–H groups in total. The second kappa shape index (κ2) is 3.49. The zero-order valence-electron chi connectivity index (χ0n) is 6.16. The second-order valence-electron chi connectivity index (χ2n) is 2.06. The normalized spacial score (nSPS) is 12.5. The van der Waals surface area contributed by atoms with E-state index >= 15 is 0 Å². The summed E-state index contributed by atoms with van der Waals surface area (Å²) < 4.78 is 0. The molecule has 0 spiro atoms. The number of hydrogen-bond acceptors (Lipinski definition) is 4. The molecule has 58 valence electrons. The van der Waals surface area contributed by atoms with Crippen molar-refractivity contribution in [2.45, 2.75) is 13.0 Å². The third-order valence-electron chi connectivity index (χ3n) is 1.27. The summed E-state index contributed by atoms with van der Waals surface area (Å²) in [4.78, 5) is 4.19. The van der Waals surface area contributed by atoms with Crippen LogP contribution in [0.25, 0.3) is 0 Å². The first-order valence-electron chi connectivity index (χ1n) is 3.12. The number of terminal acetylenes is 1. The van der Waals surface area contributed by atoms with Crippen molar-refractivity contribution in [3.63, 3.8) is 0 Å². The quantitative estimate of drug-likeness (QED) is 0.385. The van der Waals surface area contributed by atoms with E-state index in [1.165, 1.54) is 0 Å². The predicted molar refractivity (Wildman–Crippen MR) is 45.7 cm³/mol. The Bertz CT molecular complexity index is 273. The van der Waals surface area contributed by atoms with E-state index in [-0.39, 0.29) is 6.04 Å². The number of nitrogens with zero attached hydrogens (tertiary/aromatic N) is 1. The number of rotatable bonds is 2. The number of aryl methyl sites for hydroxylation is 1. The van der Waals surface area contributed by atoms with Gasteiger partial charge in [0, 0.05) is 5.38 Å². The Morgan fingerprint density at radius 1 is 1.91 bits per heavy atom. The second-order valence-corrected chi connectivity index (χ2v) is 3.12. The molecular weight excluding hydrogens is 158 g/mol. The Morgan fingerprint density at radius 3 is 3.00 bits per heavy atom. The number of hydrogen-bond donors (Lipinski definition) is 2. The summed E-state index contributed by atoms with van der Waals surface area (Å²) in [6.45, 7) is 1.93. The molecule has 1 atom stereocenters. The average molecular weight is 167 g/mol. The van der Waals surface area contributed by atoms with Crippen molar-refractivity contribution in [1.82, 2.24) is 10.4 Å². The summed E-state index contributed by atoms with van der Waals surface area (Å²) in [5, 5.41) is 2.90. The summed E-state index contributed by atoms with van der Waals surface area (Å²) >= 11 is 1.56. The summed E-state index contributed by atoms with van der Waals surface area (Å²) in [6.07, 6.45) is 5.20. The summed E-state index contributed by atoms with van der Waals surface area (Å²) in [5.74, 6) is 7.69. The van der Waals surface area contributed by atoms with Crippen LogP contribution in [-0.2, 0) is 0 Å². The number of nitrogens with two attached hydrogens (primary N) is 1. The van der Waals surface area contributed by atoms with Crippen LogP contribution in [0.2, 0.25) is 0 Å². The predicted octanol–water partition coefficient (Wildman–Crippen LogP) is 0.589. The first-order chi connectivity index (χ1) is 5.27. The van der Waals surface area contributed by atoms with Gasteiger partial charge in [-0.15, -0.1) is 17.8 Å². The molecule has 1 unspecified atom stereocenters. The van der Waals surface area contributed by atoms with E-state index < -0.39 is 0 Å². The van der Waals surface area contributed by atoms with Crippen molar-refractivity contribution < 1.29 is 0 Å². The van der Waals surface area contributed by atoms with Crippen molar-refractivity contribution >= 4 is 11.3 Å². The fraction of sp³-hybridized carbons (Fsp3) is 0.286. The number of aromatic nitrogens is 1. The zero-order valence-corrected chi connectivity index (χ0v) is 6.98. The van der Waals surface area contributed by atoms with Crippen molar-refractivity contribution in [2.75, 3.05) is 0 Å². The fourth-order valence-corrected chi connectivity index (χ4v) is 1.37. The van der Waals surface area contributed by atoms with Gasteiger partial charge in [-0.25, -0.2) is 10.4 Å². The molecule has 4 heteroatoms. The van der Waals surface area contributed by atoms with E-state index in [9.17, 15) is 0 Å². The lowest BCUT2D eigenvalue weighted by atomic mass is 10.2. The lowest BCUT2D eigenvalue weighted by Gasteiger charge is -2.03. The highest BCUT2D eigenvalue weighted by molar-refractivity contribution is 7.09. The van der Waals surface area contributed by atoms with Crippen LogP contribution in [0, 0.1) is 19.3 Å². The van der Waals surface area contributed by atoms with Crippen LogP contribution in [0.4, 0.5) is 0 Å². The van der Waals surface area contributed by atoms with Crippen LogP contribution in [0.15, 0.2) is 5.38 Å². The topological polar surface area (TPSA) is 50.9 Å². The lowest BCUT2D eigenvalue weighted by Crippen LogP contribution is -2.26. The van der Waals surface area contributed by atoms with Gasteiger partial charge in [-0.3, -0.25) is 5.84 Å². The number of hydrazine groups is 1. The van der Waals surface area contributed by atoms with Gasteiger partial charge >= 0.3 is 0 Å². The lowest BCUT2D eigenvalue weighted by molar-refractivity contribution is 0.659. The minimum atomic E-state index is -0.264. The Morgan fingerprint density at radius 2 is 2.64 bits per heavy atom. The molecule has 1 aromatic rings. The smallest absolute Gasteiger partial charge is 0.124 e. The molecule has 0 aliphatic heterocycles. The van der Waals surface area contributed by atoms with Crippen molar-refractivity contribution in [3.8, 4) is 12.3 Å². The molecule has 11 heavy (non-hydrogen) atoms.